The van der Waals surface area contributed by atoms with Crippen molar-refractivity contribution in [3.05, 3.63) is 5.89 Å². The fraction of sp³-hybridized carbons (Fsp3) is 0.500. The van der Waals surface area contributed by atoms with Crippen LogP contribution in [-0.2, 0) is 11.3 Å². The number of nitrogen functional groups attached to an aromatic ring is 1. The van der Waals surface area contributed by atoms with Crippen LogP contribution in [0.3, 0.4) is 0 Å². The number of hydrogen-bond donors (Lipinski definition) is 1. The van der Waals surface area contributed by atoms with Gasteiger partial charge in [0.15, 0.2) is 0 Å². The van der Waals surface area contributed by atoms with E-state index in [2.05, 4.69) is 14.9 Å². The molecule has 0 spiro atoms. The van der Waals surface area contributed by atoms with Crippen LogP contribution in [0.4, 0.5) is 6.01 Å². The molecule has 0 amide bonds. The summed E-state index contributed by atoms with van der Waals surface area (Å²) in [4.78, 5) is 0. The number of ether oxygens (including phenoxy) is 1. The number of hydrogen-bond acceptors (Lipinski definition) is 5. The average Bonchev–Trinajstić information content (AvgIpc) is 2.17. The quantitative estimate of drug-likeness (QED) is 0.598. The molecule has 0 fully saturated rings. The van der Waals surface area contributed by atoms with Crippen molar-refractivity contribution in [3.8, 4) is 0 Å². The van der Waals surface area contributed by atoms with E-state index in [1.165, 1.54) is 0 Å². The molecule has 0 aromatic carbocycles. The van der Waals surface area contributed by atoms with E-state index >= 15 is 0 Å². The summed E-state index contributed by atoms with van der Waals surface area (Å²) in [6.45, 7) is 0.310. The third-order valence-electron chi connectivity index (χ3n) is 0.750. The number of nitrogens with zero attached hydrogens (tertiary/aromatic N) is 2. The summed E-state index contributed by atoms with van der Waals surface area (Å²) in [5.41, 5.74) is 5.11. The van der Waals surface area contributed by atoms with E-state index in [4.69, 9.17) is 10.2 Å². The smallest absolute Gasteiger partial charge is 0.312 e. The molecule has 1 rings (SSSR count). The van der Waals surface area contributed by atoms with Crippen LogP contribution in [0.5, 0.6) is 0 Å². The van der Waals surface area contributed by atoms with Gasteiger partial charge in [0.1, 0.15) is 6.61 Å². The van der Waals surface area contributed by atoms with Crippen LogP contribution in [0.2, 0.25) is 0 Å². The molecule has 1 aromatic rings. The van der Waals surface area contributed by atoms with Gasteiger partial charge in [-0.3, -0.25) is 0 Å². The molecule has 2 N–H and O–H groups in total. The van der Waals surface area contributed by atoms with Gasteiger partial charge in [0, 0.05) is 7.11 Å². The van der Waals surface area contributed by atoms with Crippen LogP contribution >= 0.6 is 0 Å². The lowest BCUT2D eigenvalue weighted by atomic mass is 10.7. The highest BCUT2D eigenvalue weighted by molar-refractivity contribution is 5.04. The molecule has 0 saturated carbocycles. The van der Waals surface area contributed by atoms with Gasteiger partial charge in [-0.25, -0.2) is 0 Å². The van der Waals surface area contributed by atoms with E-state index in [0.29, 0.717) is 12.5 Å². The maximum Gasteiger partial charge on any atom is 0.312 e. The Labute approximate surface area is 51.8 Å². The minimum Gasteiger partial charge on any atom is -0.406 e. The molecule has 1 aromatic heterocycles. The molecule has 1 heterocycles. The number of methoxy groups -OCH3 is 1. The Morgan fingerprint density at radius 2 is 2.44 bits per heavy atom. The maximum absolute atomic E-state index is 5.11. The lowest BCUT2D eigenvalue weighted by molar-refractivity contribution is 0.160. The summed E-state index contributed by atoms with van der Waals surface area (Å²) in [7, 11) is 1.54. The zero-order valence-electron chi connectivity index (χ0n) is 5.00. The van der Waals surface area contributed by atoms with Crippen molar-refractivity contribution in [1.82, 2.24) is 10.2 Å². The van der Waals surface area contributed by atoms with Crippen LogP contribution < -0.4 is 5.73 Å². The maximum atomic E-state index is 5.11. The van der Waals surface area contributed by atoms with Crippen LogP contribution in [0.15, 0.2) is 4.42 Å². The normalized spacial score (nSPS) is 9.89. The second-order valence-electron chi connectivity index (χ2n) is 1.47. The Bertz CT molecular complexity index is 186. The Hall–Kier alpha value is -1.10. The molecular formula is C4H7N3O2. The van der Waals surface area contributed by atoms with E-state index in [0.717, 1.165) is 0 Å². The molecule has 0 saturated heterocycles. The Balaban J connectivity index is 2.61. The van der Waals surface area contributed by atoms with E-state index < -0.39 is 0 Å². The van der Waals surface area contributed by atoms with Crippen molar-refractivity contribution < 1.29 is 9.15 Å². The second-order valence-corrected chi connectivity index (χ2v) is 1.47. The van der Waals surface area contributed by atoms with Crippen molar-refractivity contribution in [1.29, 1.82) is 0 Å². The molecular weight excluding hydrogens is 122 g/mol. The minimum absolute atomic E-state index is 0.0713. The molecule has 0 atom stereocenters. The zero-order valence-corrected chi connectivity index (χ0v) is 5.00. The Morgan fingerprint density at radius 3 is 2.89 bits per heavy atom. The van der Waals surface area contributed by atoms with Crippen LogP contribution in [0.1, 0.15) is 5.89 Å². The lowest BCUT2D eigenvalue weighted by Gasteiger charge is -1.86. The van der Waals surface area contributed by atoms with Gasteiger partial charge in [-0.05, 0) is 0 Å². The summed E-state index contributed by atoms with van der Waals surface area (Å²) in [6, 6.07) is 0.0713. The highest BCUT2D eigenvalue weighted by Gasteiger charge is 1.98. The van der Waals surface area contributed by atoms with Gasteiger partial charge in [0.25, 0.3) is 0 Å². The van der Waals surface area contributed by atoms with Gasteiger partial charge in [-0.15, -0.1) is 5.10 Å². The first-order chi connectivity index (χ1) is 4.33. The molecule has 9 heavy (non-hydrogen) atoms. The highest BCUT2D eigenvalue weighted by Crippen LogP contribution is 1.99. The first kappa shape index (κ1) is 6.03. The first-order valence-electron chi connectivity index (χ1n) is 2.39. The fourth-order valence-electron chi connectivity index (χ4n) is 0.448. The van der Waals surface area contributed by atoms with Crippen LogP contribution in [-0.4, -0.2) is 17.3 Å². The van der Waals surface area contributed by atoms with Crippen LogP contribution in [0, 0.1) is 0 Å². The van der Waals surface area contributed by atoms with Gasteiger partial charge < -0.3 is 14.9 Å². The van der Waals surface area contributed by atoms with Gasteiger partial charge >= 0.3 is 6.01 Å². The molecule has 5 heteroatoms. The molecule has 50 valence electrons. The van der Waals surface area contributed by atoms with Crippen molar-refractivity contribution in [2.24, 2.45) is 0 Å². The predicted octanol–water partition coefficient (Wildman–Crippen LogP) is -0.202. The molecule has 0 aliphatic rings. The van der Waals surface area contributed by atoms with Crippen molar-refractivity contribution in [3.63, 3.8) is 0 Å². The SMILES string of the molecule is COCc1nnc(N)o1. The second kappa shape index (κ2) is 2.45. The number of rotatable bonds is 2. The molecule has 0 bridgehead atoms. The van der Waals surface area contributed by atoms with E-state index in [1.807, 2.05) is 0 Å². The third kappa shape index (κ3) is 1.39. The topological polar surface area (TPSA) is 74.2 Å². The third-order valence-corrected chi connectivity index (χ3v) is 0.750. The first-order valence-corrected chi connectivity index (χ1v) is 2.39. The molecule has 0 aliphatic heterocycles. The van der Waals surface area contributed by atoms with Crippen LogP contribution in [0.25, 0.3) is 0 Å². The van der Waals surface area contributed by atoms with Gasteiger partial charge in [-0.1, -0.05) is 5.10 Å². The van der Waals surface area contributed by atoms with Crippen molar-refractivity contribution >= 4 is 6.01 Å². The minimum atomic E-state index is 0.0713. The van der Waals surface area contributed by atoms with Crippen molar-refractivity contribution in [2.75, 3.05) is 12.8 Å². The molecule has 0 radical (unpaired) electrons. The fourth-order valence-corrected chi connectivity index (χ4v) is 0.448. The van der Waals surface area contributed by atoms with Gasteiger partial charge in [0.2, 0.25) is 5.89 Å². The summed E-state index contributed by atoms with van der Waals surface area (Å²) >= 11 is 0. The predicted molar refractivity (Wildman–Crippen MR) is 29.4 cm³/mol. The standard InChI is InChI=1S/C4H7N3O2/c1-8-2-3-6-7-4(5)9-3/h2H2,1H3,(H2,5,7). The van der Waals surface area contributed by atoms with Gasteiger partial charge in [0.05, 0.1) is 0 Å². The largest absolute Gasteiger partial charge is 0.406 e. The van der Waals surface area contributed by atoms with E-state index in [-0.39, 0.29) is 6.01 Å². The van der Waals surface area contributed by atoms with Crippen molar-refractivity contribution in [2.45, 2.75) is 6.61 Å². The number of anilines is 1. The summed E-state index contributed by atoms with van der Waals surface area (Å²) in [6.07, 6.45) is 0. The van der Waals surface area contributed by atoms with E-state index in [9.17, 15) is 0 Å². The summed E-state index contributed by atoms with van der Waals surface area (Å²) in [5.74, 6) is 0.398. The Kier molecular flexibility index (Phi) is 1.64. The highest BCUT2D eigenvalue weighted by atomic mass is 16.5. The van der Waals surface area contributed by atoms with Gasteiger partial charge in [-0.2, -0.15) is 0 Å². The average molecular weight is 129 g/mol. The zero-order chi connectivity index (χ0) is 6.69. The summed E-state index contributed by atoms with van der Waals surface area (Å²) < 4.78 is 9.44. The lowest BCUT2D eigenvalue weighted by Crippen LogP contribution is -1.85. The summed E-state index contributed by atoms with van der Waals surface area (Å²) in [5, 5.41) is 6.96. The molecule has 5 nitrogen and oxygen atoms in total. The number of aromatic nitrogens is 2. The Morgan fingerprint density at radius 1 is 1.67 bits per heavy atom. The molecule has 0 aliphatic carbocycles. The monoisotopic (exact) mass is 129 g/mol. The molecule has 0 unspecified atom stereocenters. The van der Waals surface area contributed by atoms with E-state index in [1.54, 1.807) is 7.11 Å². The number of nitrogens with two attached hydrogens (primary N) is 1.